The van der Waals surface area contributed by atoms with E-state index in [1.165, 1.54) is 0 Å². The number of aliphatic hydroxyl groups is 1. The van der Waals surface area contributed by atoms with Gasteiger partial charge in [0.25, 0.3) is 0 Å². The van der Waals surface area contributed by atoms with Crippen molar-refractivity contribution in [3.05, 3.63) is 28.2 Å². The van der Waals surface area contributed by atoms with Gasteiger partial charge in [0, 0.05) is 28.5 Å². The minimum atomic E-state index is -0.808. The van der Waals surface area contributed by atoms with Crippen LogP contribution in [0.5, 0.6) is 5.75 Å². The molecule has 1 fully saturated rings. The van der Waals surface area contributed by atoms with E-state index < -0.39 is 5.60 Å². The van der Waals surface area contributed by atoms with E-state index in [1.54, 1.807) is 0 Å². The Balaban J connectivity index is 2.40. The zero-order valence-electron chi connectivity index (χ0n) is 12.7. The van der Waals surface area contributed by atoms with Gasteiger partial charge in [-0.05, 0) is 45.5 Å². The second-order valence-electron chi connectivity index (χ2n) is 5.89. The number of benzene rings is 1. The van der Waals surface area contributed by atoms with Crippen LogP contribution in [0.25, 0.3) is 0 Å². The highest BCUT2D eigenvalue weighted by molar-refractivity contribution is 9.10. The molecule has 20 heavy (non-hydrogen) atoms. The molecule has 0 spiro atoms. The van der Waals surface area contributed by atoms with Gasteiger partial charge in [0.1, 0.15) is 5.75 Å². The number of hydrogen-bond donors (Lipinski definition) is 1. The molecule has 1 saturated heterocycles. The minimum Gasteiger partial charge on any atom is -0.494 e. The number of piperidine rings is 1. The molecule has 4 heteroatoms. The van der Waals surface area contributed by atoms with E-state index in [0.29, 0.717) is 12.6 Å². The Hall–Kier alpha value is -0.580. The van der Waals surface area contributed by atoms with Gasteiger partial charge in [-0.2, -0.15) is 0 Å². The number of ether oxygens (including phenoxy) is 1. The van der Waals surface area contributed by atoms with E-state index in [4.69, 9.17) is 4.74 Å². The second kappa shape index (κ2) is 6.04. The highest BCUT2D eigenvalue weighted by Crippen LogP contribution is 2.43. The molecule has 2 rings (SSSR count). The first-order chi connectivity index (χ1) is 9.38. The summed E-state index contributed by atoms with van der Waals surface area (Å²) in [5.74, 6) is 0.995. The zero-order chi connectivity index (χ0) is 14.9. The topological polar surface area (TPSA) is 32.7 Å². The van der Waals surface area contributed by atoms with Crippen molar-refractivity contribution in [3.8, 4) is 5.75 Å². The van der Waals surface area contributed by atoms with Crippen LogP contribution in [-0.2, 0) is 5.60 Å². The first-order valence-corrected chi connectivity index (χ1v) is 8.03. The van der Waals surface area contributed by atoms with Gasteiger partial charge in [0.2, 0.25) is 0 Å². The van der Waals surface area contributed by atoms with Crippen LogP contribution < -0.4 is 4.74 Å². The largest absolute Gasteiger partial charge is 0.494 e. The van der Waals surface area contributed by atoms with Crippen molar-refractivity contribution >= 4 is 15.9 Å². The summed E-state index contributed by atoms with van der Waals surface area (Å²) in [4.78, 5) is 2.30. The third-order valence-electron chi connectivity index (χ3n) is 4.45. The predicted molar refractivity (Wildman–Crippen MR) is 85.1 cm³/mol. The number of rotatable bonds is 3. The number of hydrogen-bond acceptors (Lipinski definition) is 3. The van der Waals surface area contributed by atoms with Crippen molar-refractivity contribution in [2.75, 3.05) is 20.2 Å². The number of halogens is 1. The first-order valence-electron chi connectivity index (χ1n) is 7.24. The van der Waals surface area contributed by atoms with Crippen LogP contribution in [0.15, 0.2) is 22.7 Å². The number of likely N-dealkylation sites (tertiary alicyclic amines) is 1. The standard InChI is InChI=1S/C16H24BrNO2/c1-5-20-13-6-7-15(17)14(8-13)16(19)9-12(3)18(4)10-11(16)2/h6-8,11-12,19H,5,9-10H2,1-4H3/t11-,12-,16+/m1/s1. The number of nitrogens with zero attached hydrogens (tertiary/aromatic N) is 1. The zero-order valence-corrected chi connectivity index (χ0v) is 14.3. The van der Waals surface area contributed by atoms with Gasteiger partial charge in [-0.15, -0.1) is 0 Å². The summed E-state index contributed by atoms with van der Waals surface area (Å²) in [6.45, 7) is 7.77. The lowest BCUT2D eigenvalue weighted by Gasteiger charge is -2.46. The van der Waals surface area contributed by atoms with Gasteiger partial charge >= 0.3 is 0 Å². The molecule has 3 nitrogen and oxygen atoms in total. The maximum atomic E-state index is 11.3. The molecule has 0 saturated carbocycles. The fourth-order valence-electron chi connectivity index (χ4n) is 3.04. The molecule has 1 aromatic carbocycles. The molecule has 0 aliphatic carbocycles. The molecular formula is C16H24BrNO2. The molecule has 0 bridgehead atoms. The third-order valence-corrected chi connectivity index (χ3v) is 5.14. The van der Waals surface area contributed by atoms with E-state index in [1.807, 2.05) is 25.1 Å². The van der Waals surface area contributed by atoms with Crippen molar-refractivity contribution < 1.29 is 9.84 Å². The van der Waals surface area contributed by atoms with Crippen LogP contribution >= 0.6 is 15.9 Å². The molecule has 0 radical (unpaired) electrons. The highest BCUT2D eigenvalue weighted by atomic mass is 79.9. The second-order valence-corrected chi connectivity index (χ2v) is 6.75. The van der Waals surface area contributed by atoms with Crippen molar-refractivity contribution in [1.29, 1.82) is 0 Å². The molecule has 1 aliphatic heterocycles. The van der Waals surface area contributed by atoms with Gasteiger partial charge in [-0.3, -0.25) is 0 Å². The van der Waals surface area contributed by atoms with Gasteiger partial charge < -0.3 is 14.7 Å². The van der Waals surface area contributed by atoms with Crippen molar-refractivity contribution in [1.82, 2.24) is 4.90 Å². The predicted octanol–water partition coefficient (Wildman–Crippen LogP) is 3.40. The molecular weight excluding hydrogens is 318 g/mol. The van der Waals surface area contributed by atoms with Gasteiger partial charge in [-0.1, -0.05) is 22.9 Å². The Morgan fingerprint density at radius 3 is 2.80 bits per heavy atom. The monoisotopic (exact) mass is 341 g/mol. The Morgan fingerprint density at radius 1 is 1.45 bits per heavy atom. The molecule has 3 atom stereocenters. The molecule has 1 heterocycles. The SMILES string of the molecule is CCOc1ccc(Br)c([C@]2(O)C[C@@H](C)N(C)C[C@H]2C)c1. The Bertz CT molecular complexity index is 480. The fourth-order valence-corrected chi connectivity index (χ4v) is 3.63. The quantitative estimate of drug-likeness (QED) is 0.914. The third kappa shape index (κ3) is 2.87. The van der Waals surface area contributed by atoms with Crippen molar-refractivity contribution in [2.45, 2.75) is 38.8 Å². The smallest absolute Gasteiger partial charge is 0.119 e. The molecule has 1 aliphatic rings. The summed E-state index contributed by atoms with van der Waals surface area (Å²) in [6, 6.07) is 6.23. The van der Waals surface area contributed by atoms with Gasteiger partial charge in [0.15, 0.2) is 0 Å². The van der Waals surface area contributed by atoms with Crippen molar-refractivity contribution in [2.24, 2.45) is 5.92 Å². The maximum absolute atomic E-state index is 11.3. The van der Waals surface area contributed by atoms with E-state index in [0.717, 1.165) is 28.8 Å². The maximum Gasteiger partial charge on any atom is 0.119 e. The van der Waals surface area contributed by atoms with E-state index in [2.05, 4.69) is 41.7 Å². The van der Waals surface area contributed by atoms with Gasteiger partial charge in [0.05, 0.1) is 12.2 Å². The lowest BCUT2D eigenvalue weighted by atomic mass is 9.74. The van der Waals surface area contributed by atoms with Crippen LogP contribution in [0, 0.1) is 5.92 Å². The fraction of sp³-hybridized carbons (Fsp3) is 0.625. The van der Waals surface area contributed by atoms with E-state index in [-0.39, 0.29) is 5.92 Å². The Morgan fingerprint density at radius 2 is 2.15 bits per heavy atom. The summed E-state index contributed by atoms with van der Waals surface area (Å²) < 4.78 is 6.53. The Kier molecular flexibility index (Phi) is 4.77. The molecule has 1 N–H and O–H groups in total. The van der Waals surface area contributed by atoms with Crippen LogP contribution in [0.3, 0.4) is 0 Å². The molecule has 1 aromatic rings. The van der Waals surface area contributed by atoms with Crippen LogP contribution in [0.4, 0.5) is 0 Å². The summed E-state index contributed by atoms with van der Waals surface area (Å²) in [6.07, 6.45) is 0.735. The summed E-state index contributed by atoms with van der Waals surface area (Å²) in [5, 5.41) is 11.3. The normalized spacial score (nSPS) is 31.3. The van der Waals surface area contributed by atoms with Gasteiger partial charge in [-0.25, -0.2) is 0 Å². The van der Waals surface area contributed by atoms with Crippen LogP contribution in [-0.4, -0.2) is 36.2 Å². The van der Waals surface area contributed by atoms with E-state index in [9.17, 15) is 5.11 Å². The minimum absolute atomic E-state index is 0.178. The van der Waals surface area contributed by atoms with Crippen LogP contribution in [0.1, 0.15) is 32.8 Å². The lowest BCUT2D eigenvalue weighted by Crippen LogP contribution is -2.51. The van der Waals surface area contributed by atoms with Crippen molar-refractivity contribution in [3.63, 3.8) is 0 Å². The first kappa shape index (κ1) is 15.8. The molecule has 0 aromatic heterocycles. The molecule has 112 valence electrons. The average molecular weight is 342 g/mol. The average Bonchev–Trinajstić information content (AvgIpc) is 2.39. The van der Waals surface area contributed by atoms with E-state index >= 15 is 0 Å². The molecule has 0 amide bonds. The van der Waals surface area contributed by atoms with Crippen LogP contribution in [0.2, 0.25) is 0 Å². The lowest BCUT2D eigenvalue weighted by molar-refractivity contribution is -0.0849. The summed E-state index contributed by atoms with van der Waals surface area (Å²) >= 11 is 3.59. The molecule has 0 unspecified atom stereocenters. The summed E-state index contributed by atoms with van der Waals surface area (Å²) in [7, 11) is 2.12. The highest BCUT2D eigenvalue weighted by Gasteiger charge is 2.43. The summed E-state index contributed by atoms with van der Waals surface area (Å²) in [5.41, 5.74) is 0.133. The Labute approximate surface area is 130 Å².